The van der Waals surface area contributed by atoms with Gasteiger partial charge >= 0.3 is 0 Å². The first kappa shape index (κ1) is 13.5. The number of benzene rings is 1. The second-order valence-corrected chi connectivity index (χ2v) is 6.67. The number of alkyl halides is 1. The van der Waals surface area contributed by atoms with Crippen LogP contribution >= 0.6 is 11.6 Å². The van der Waals surface area contributed by atoms with E-state index in [2.05, 4.69) is 0 Å². The predicted molar refractivity (Wildman–Crippen MR) is 66.3 cm³/mol. The van der Waals surface area contributed by atoms with E-state index in [-0.39, 0.29) is 5.38 Å². The molecule has 1 unspecified atom stereocenters. The van der Waals surface area contributed by atoms with Gasteiger partial charge in [-0.15, -0.1) is 11.6 Å². The molecule has 16 heavy (non-hydrogen) atoms. The number of halogens is 1. The molecule has 1 aromatic rings. The molecule has 0 heterocycles. The molecule has 0 aliphatic heterocycles. The average molecular weight is 262 g/mol. The maximum atomic E-state index is 12.1. The Morgan fingerprint density at radius 1 is 1.44 bits per heavy atom. The molecule has 0 aliphatic carbocycles. The second-order valence-electron chi connectivity index (χ2n) is 3.88. The van der Waals surface area contributed by atoms with Gasteiger partial charge in [0.25, 0.3) is 0 Å². The smallest absolute Gasteiger partial charge is 0.207 e. The summed E-state index contributed by atoms with van der Waals surface area (Å²) in [6, 6.07) is 6.85. The molecule has 0 aromatic heterocycles. The number of hydrogen-bond acceptors (Lipinski definition) is 2. The Kier molecular flexibility index (Phi) is 4.35. The SMILES string of the molecule is Cc1cccc(S(=O)(=O)N(C)CC(C)Cl)c1. The van der Waals surface area contributed by atoms with Gasteiger partial charge in [0.05, 0.1) is 4.90 Å². The number of rotatable bonds is 4. The largest absolute Gasteiger partial charge is 0.242 e. The van der Waals surface area contributed by atoms with Crippen molar-refractivity contribution >= 4 is 21.6 Å². The lowest BCUT2D eigenvalue weighted by Gasteiger charge is -2.18. The van der Waals surface area contributed by atoms with Crippen LogP contribution in [0.3, 0.4) is 0 Å². The Bertz CT molecular complexity index is 457. The average Bonchev–Trinajstić information content (AvgIpc) is 2.16. The summed E-state index contributed by atoms with van der Waals surface area (Å²) >= 11 is 5.79. The van der Waals surface area contributed by atoms with Crippen molar-refractivity contribution in [2.45, 2.75) is 24.1 Å². The van der Waals surface area contributed by atoms with Crippen LogP contribution in [0.2, 0.25) is 0 Å². The third-order valence-corrected chi connectivity index (χ3v) is 4.16. The molecule has 0 fully saturated rings. The van der Waals surface area contributed by atoms with Gasteiger partial charge in [-0.3, -0.25) is 0 Å². The number of hydrogen-bond donors (Lipinski definition) is 0. The van der Waals surface area contributed by atoms with Gasteiger partial charge in [-0.1, -0.05) is 12.1 Å². The molecule has 1 rings (SSSR count). The summed E-state index contributed by atoms with van der Waals surface area (Å²) in [5.41, 5.74) is 0.924. The van der Waals surface area contributed by atoms with Gasteiger partial charge < -0.3 is 0 Å². The van der Waals surface area contributed by atoms with E-state index in [9.17, 15) is 8.42 Å². The van der Waals surface area contributed by atoms with E-state index in [1.165, 1.54) is 11.4 Å². The molecule has 0 saturated carbocycles. The van der Waals surface area contributed by atoms with Crippen molar-refractivity contribution < 1.29 is 8.42 Å². The van der Waals surface area contributed by atoms with Gasteiger partial charge in [0.2, 0.25) is 10.0 Å². The van der Waals surface area contributed by atoms with Gasteiger partial charge in [0.15, 0.2) is 0 Å². The maximum Gasteiger partial charge on any atom is 0.242 e. The molecule has 5 heteroatoms. The van der Waals surface area contributed by atoms with Crippen LogP contribution in [0.5, 0.6) is 0 Å². The quantitative estimate of drug-likeness (QED) is 0.780. The third-order valence-electron chi connectivity index (χ3n) is 2.21. The Morgan fingerprint density at radius 3 is 2.56 bits per heavy atom. The van der Waals surface area contributed by atoms with E-state index >= 15 is 0 Å². The van der Waals surface area contributed by atoms with Gasteiger partial charge in [-0.2, -0.15) is 4.31 Å². The zero-order valence-corrected chi connectivity index (χ0v) is 11.2. The highest BCUT2D eigenvalue weighted by atomic mass is 35.5. The van der Waals surface area contributed by atoms with Gasteiger partial charge in [0.1, 0.15) is 0 Å². The predicted octanol–water partition coefficient (Wildman–Crippen LogP) is 2.24. The first-order chi connectivity index (χ1) is 7.34. The summed E-state index contributed by atoms with van der Waals surface area (Å²) in [6.45, 7) is 3.94. The summed E-state index contributed by atoms with van der Waals surface area (Å²) in [7, 11) is -1.87. The van der Waals surface area contributed by atoms with Crippen LogP contribution in [0.15, 0.2) is 29.2 Å². The highest BCUT2D eigenvalue weighted by Crippen LogP contribution is 2.16. The van der Waals surface area contributed by atoms with E-state index in [0.717, 1.165) is 5.56 Å². The lowest BCUT2D eigenvalue weighted by Crippen LogP contribution is -2.31. The van der Waals surface area contributed by atoms with Gasteiger partial charge in [-0.05, 0) is 31.5 Å². The Morgan fingerprint density at radius 2 is 2.06 bits per heavy atom. The van der Waals surface area contributed by atoms with Crippen LogP contribution in [-0.4, -0.2) is 31.7 Å². The van der Waals surface area contributed by atoms with Gasteiger partial charge in [-0.25, -0.2) is 8.42 Å². The van der Waals surface area contributed by atoms with Crippen LogP contribution in [0.25, 0.3) is 0 Å². The lowest BCUT2D eigenvalue weighted by molar-refractivity contribution is 0.470. The molecular weight excluding hydrogens is 246 g/mol. The Labute approximate surface area is 102 Å². The second kappa shape index (κ2) is 5.17. The molecule has 3 nitrogen and oxygen atoms in total. The summed E-state index contributed by atoms with van der Waals surface area (Å²) in [5, 5.41) is -0.204. The summed E-state index contributed by atoms with van der Waals surface area (Å²) in [4.78, 5) is 0.312. The normalized spacial score (nSPS) is 14.1. The van der Waals surface area contributed by atoms with Crippen LogP contribution in [0.1, 0.15) is 12.5 Å². The van der Waals surface area contributed by atoms with Crippen molar-refractivity contribution in [1.29, 1.82) is 0 Å². The van der Waals surface area contributed by atoms with Crippen molar-refractivity contribution in [2.75, 3.05) is 13.6 Å². The summed E-state index contributed by atoms with van der Waals surface area (Å²) in [6.07, 6.45) is 0. The van der Waals surface area contributed by atoms with Crippen LogP contribution in [0, 0.1) is 6.92 Å². The fraction of sp³-hybridized carbons (Fsp3) is 0.455. The molecule has 0 spiro atoms. The van der Waals surface area contributed by atoms with Crippen LogP contribution in [0.4, 0.5) is 0 Å². The fourth-order valence-corrected chi connectivity index (χ4v) is 3.06. The molecule has 0 N–H and O–H groups in total. The Balaban J connectivity index is 3.02. The number of aryl methyl sites for hydroxylation is 1. The zero-order valence-electron chi connectivity index (χ0n) is 9.64. The third kappa shape index (κ3) is 3.20. The standard InChI is InChI=1S/C11H16ClNO2S/c1-9-5-4-6-11(7-9)16(14,15)13(3)8-10(2)12/h4-7,10H,8H2,1-3H3. The molecule has 0 amide bonds. The minimum Gasteiger partial charge on any atom is -0.207 e. The summed E-state index contributed by atoms with van der Waals surface area (Å²) in [5.74, 6) is 0. The van der Waals surface area contributed by atoms with E-state index in [1.54, 1.807) is 25.1 Å². The molecule has 0 saturated heterocycles. The van der Waals surface area contributed by atoms with Crippen LogP contribution < -0.4 is 0 Å². The highest BCUT2D eigenvalue weighted by molar-refractivity contribution is 7.89. The molecular formula is C11H16ClNO2S. The summed E-state index contributed by atoms with van der Waals surface area (Å²) < 4.78 is 25.5. The maximum absolute atomic E-state index is 12.1. The molecule has 0 radical (unpaired) electrons. The minimum atomic E-state index is -3.41. The lowest BCUT2D eigenvalue weighted by atomic mass is 10.2. The molecule has 0 bridgehead atoms. The van der Waals surface area contributed by atoms with Crippen molar-refractivity contribution in [3.8, 4) is 0 Å². The van der Waals surface area contributed by atoms with Crippen molar-refractivity contribution in [1.82, 2.24) is 4.31 Å². The monoisotopic (exact) mass is 261 g/mol. The van der Waals surface area contributed by atoms with E-state index in [4.69, 9.17) is 11.6 Å². The van der Waals surface area contributed by atoms with E-state index in [0.29, 0.717) is 11.4 Å². The van der Waals surface area contributed by atoms with E-state index < -0.39 is 10.0 Å². The molecule has 0 aliphatic rings. The molecule has 1 atom stereocenters. The van der Waals surface area contributed by atoms with Crippen molar-refractivity contribution in [2.24, 2.45) is 0 Å². The number of sulfonamides is 1. The fourth-order valence-electron chi connectivity index (χ4n) is 1.41. The molecule has 1 aromatic carbocycles. The highest BCUT2D eigenvalue weighted by Gasteiger charge is 2.21. The first-order valence-corrected chi connectivity index (χ1v) is 6.89. The molecule has 90 valence electrons. The van der Waals surface area contributed by atoms with Crippen molar-refractivity contribution in [3.05, 3.63) is 29.8 Å². The minimum absolute atomic E-state index is 0.204. The first-order valence-electron chi connectivity index (χ1n) is 5.01. The van der Waals surface area contributed by atoms with E-state index in [1.807, 2.05) is 13.0 Å². The topological polar surface area (TPSA) is 37.4 Å². The zero-order chi connectivity index (χ0) is 12.3. The van der Waals surface area contributed by atoms with Crippen molar-refractivity contribution in [3.63, 3.8) is 0 Å². The van der Waals surface area contributed by atoms with Crippen LogP contribution in [-0.2, 0) is 10.0 Å². The van der Waals surface area contributed by atoms with Gasteiger partial charge in [0, 0.05) is 19.0 Å². The number of nitrogens with zero attached hydrogens (tertiary/aromatic N) is 1. The Hall–Kier alpha value is -0.580.